The molecule has 0 atom stereocenters. The van der Waals surface area contributed by atoms with Gasteiger partial charge in [0.2, 0.25) is 0 Å². The molecule has 3 N–H and O–H groups in total. The molecule has 0 heterocycles. The molecular formula is C17H21N3O3S. The average molecular weight is 347 g/mol. The molecule has 0 saturated heterocycles. The van der Waals surface area contributed by atoms with E-state index in [1.54, 1.807) is 48.5 Å². The van der Waals surface area contributed by atoms with Gasteiger partial charge in [-0.3, -0.25) is 5.43 Å². The Morgan fingerprint density at radius 1 is 1.04 bits per heavy atom. The maximum atomic E-state index is 11.9. The summed E-state index contributed by atoms with van der Waals surface area (Å²) in [5.41, 5.74) is 7.34. The Morgan fingerprint density at radius 2 is 1.71 bits per heavy atom. The number of benzene rings is 2. The van der Waals surface area contributed by atoms with Gasteiger partial charge in [0.1, 0.15) is 0 Å². The van der Waals surface area contributed by atoms with Crippen molar-refractivity contribution in [1.82, 2.24) is 10.9 Å². The predicted molar refractivity (Wildman–Crippen MR) is 95.4 cm³/mol. The molecule has 0 radical (unpaired) electrons. The fraction of sp³-hybridized carbons (Fsp3) is 0.235. The first kappa shape index (κ1) is 18.0. The van der Waals surface area contributed by atoms with Crippen LogP contribution in [0.1, 0.15) is 13.3 Å². The van der Waals surface area contributed by atoms with Crippen LogP contribution in [0.3, 0.4) is 0 Å². The molecule has 0 aliphatic carbocycles. The summed E-state index contributed by atoms with van der Waals surface area (Å²) in [6.45, 7) is 2.69. The molecule has 2 aromatic carbocycles. The Hall–Kier alpha value is -2.38. The van der Waals surface area contributed by atoms with Crippen LogP contribution in [0.2, 0.25) is 0 Å². The number of urea groups is 1. The molecule has 24 heavy (non-hydrogen) atoms. The van der Waals surface area contributed by atoms with E-state index < -0.39 is 9.84 Å². The summed E-state index contributed by atoms with van der Waals surface area (Å²) in [6, 6.07) is 13.5. The fourth-order valence-corrected chi connectivity index (χ4v) is 3.10. The second-order valence-corrected chi connectivity index (χ2v) is 7.34. The summed E-state index contributed by atoms with van der Waals surface area (Å²) in [5.74, 6) is 0. The molecule has 2 aromatic rings. The molecule has 0 aliphatic rings. The molecule has 0 bridgehead atoms. The number of amides is 2. The highest BCUT2D eigenvalue weighted by Gasteiger charge is 2.13. The zero-order chi connectivity index (χ0) is 17.6. The largest absolute Gasteiger partial charge is 0.333 e. The van der Waals surface area contributed by atoms with Crippen molar-refractivity contribution in [3.8, 4) is 11.1 Å². The van der Waals surface area contributed by atoms with Gasteiger partial charge in [-0.05, 0) is 30.2 Å². The predicted octanol–water partition coefficient (Wildman–Crippen LogP) is 2.79. The standard InChI is InChI=1S/C17H21N3O3S/c1-3-12-18-20-17(21)19-14-10-8-13(9-11-14)15-6-4-5-7-16(15)24(2,22)23/h4-11,18H,3,12H2,1-2H3,(H2,19,20,21). The molecule has 7 heteroatoms. The number of carbonyl (C=O) groups is 1. The zero-order valence-electron chi connectivity index (χ0n) is 13.7. The number of nitrogens with one attached hydrogen (secondary N) is 3. The highest BCUT2D eigenvalue weighted by molar-refractivity contribution is 7.90. The molecule has 0 unspecified atom stereocenters. The van der Waals surface area contributed by atoms with Crippen LogP contribution >= 0.6 is 0 Å². The van der Waals surface area contributed by atoms with E-state index in [9.17, 15) is 13.2 Å². The third-order valence-electron chi connectivity index (χ3n) is 3.32. The first-order valence-electron chi connectivity index (χ1n) is 7.61. The van der Waals surface area contributed by atoms with E-state index in [-0.39, 0.29) is 10.9 Å². The van der Waals surface area contributed by atoms with Gasteiger partial charge in [0.25, 0.3) is 0 Å². The highest BCUT2D eigenvalue weighted by atomic mass is 32.2. The van der Waals surface area contributed by atoms with E-state index in [2.05, 4.69) is 16.2 Å². The van der Waals surface area contributed by atoms with Crippen LogP contribution in [0.25, 0.3) is 11.1 Å². The van der Waals surface area contributed by atoms with E-state index in [4.69, 9.17) is 0 Å². The van der Waals surface area contributed by atoms with Crippen molar-refractivity contribution in [2.75, 3.05) is 18.1 Å². The number of rotatable bonds is 6. The van der Waals surface area contributed by atoms with Crippen LogP contribution in [0.4, 0.5) is 10.5 Å². The van der Waals surface area contributed by atoms with E-state index in [1.807, 2.05) is 6.92 Å². The lowest BCUT2D eigenvalue weighted by atomic mass is 10.1. The fourth-order valence-electron chi connectivity index (χ4n) is 2.19. The maximum Gasteiger partial charge on any atom is 0.333 e. The summed E-state index contributed by atoms with van der Waals surface area (Å²) in [5, 5.41) is 2.69. The maximum absolute atomic E-state index is 11.9. The molecule has 128 valence electrons. The Balaban J connectivity index is 2.15. The molecule has 0 aliphatic heterocycles. The van der Waals surface area contributed by atoms with Gasteiger partial charge in [-0.25, -0.2) is 18.6 Å². The number of hydrazine groups is 1. The van der Waals surface area contributed by atoms with Gasteiger partial charge < -0.3 is 5.32 Å². The van der Waals surface area contributed by atoms with Gasteiger partial charge in [-0.15, -0.1) is 0 Å². The molecular weight excluding hydrogens is 326 g/mol. The van der Waals surface area contributed by atoms with Crippen LogP contribution in [0.15, 0.2) is 53.4 Å². The van der Waals surface area contributed by atoms with Crippen molar-refractivity contribution in [1.29, 1.82) is 0 Å². The van der Waals surface area contributed by atoms with Gasteiger partial charge >= 0.3 is 6.03 Å². The van der Waals surface area contributed by atoms with Crippen molar-refractivity contribution >= 4 is 21.6 Å². The second-order valence-electron chi connectivity index (χ2n) is 5.35. The van der Waals surface area contributed by atoms with Crippen LogP contribution in [0.5, 0.6) is 0 Å². The van der Waals surface area contributed by atoms with Crippen LogP contribution in [-0.2, 0) is 9.84 Å². The Morgan fingerprint density at radius 3 is 2.33 bits per heavy atom. The first-order valence-corrected chi connectivity index (χ1v) is 9.50. The molecule has 0 saturated carbocycles. The SMILES string of the molecule is CCCNNC(=O)Nc1ccc(-c2ccccc2S(C)(=O)=O)cc1. The number of anilines is 1. The van der Waals surface area contributed by atoms with E-state index in [0.29, 0.717) is 17.8 Å². The lowest BCUT2D eigenvalue weighted by Crippen LogP contribution is -2.40. The minimum atomic E-state index is -3.31. The van der Waals surface area contributed by atoms with E-state index in [0.717, 1.165) is 12.0 Å². The first-order chi connectivity index (χ1) is 11.4. The third kappa shape index (κ3) is 4.81. The number of hydrogen-bond acceptors (Lipinski definition) is 4. The molecule has 0 aromatic heterocycles. The zero-order valence-corrected chi connectivity index (χ0v) is 14.5. The summed E-state index contributed by atoms with van der Waals surface area (Å²) >= 11 is 0. The molecule has 2 amide bonds. The lowest BCUT2D eigenvalue weighted by Gasteiger charge is -2.10. The van der Waals surface area contributed by atoms with Crippen LogP contribution < -0.4 is 16.2 Å². The van der Waals surface area contributed by atoms with Gasteiger partial charge in [0.05, 0.1) is 4.90 Å². The van der Waals surface area contributed by atoms with Crippen molar-refractivity contribution in [2.45, 2.75) is 18.2 Å². The van der Waals surface area contributed by atoms with Gasteiger partial charge in [-0.1, -0.05) is 37.3 Å². The van der Waals surface area contributed by atoms with Crippen molar-refractivity contribution in [3.63, 3.8) is 0 Å². The lowest BCUT2D eigenvalue weighted by molar-refractivity contribution is 0.248. The van der Waals surface area contributed by atoms with Gasteiger partial charge in [0, 0.05) is 24.1 Å². The topological polar surface area (TPSA) is 87.3 Å². The summed E-state index contributed by atoms with van der Waals surface area (Å²) in [4.78, 5) is 11.9. The number of carbonyl (C=O) groups excluding carboxylic acids is 1. The monoisotopic (exact) mass is 347 g/mol. The van der Waals surface area contributed by atoms with Crippen molar-refractivity contribution < 1.29 is 13.2 Å². The number of sulfone groups is 1. The quantitative estimate of drug-likeness (QED) is 0.554. The number of hydrogen-bond donors (Lipinski definition) is 3. The van der Waals surface area contributed by atoms with E-state index >= 15 is 0 Å². The van der Waals surface area contributed by atoms with E-state index in [1.165, 1.54) is 6.26 Å². The summed E-state index contributed by atoms with van der Waals surface area (Å²) in [7, 11) is -3.31. The highest BCUT2D eigenvalue weighted by Crippen LogP contribution is 2.28. The van der Waals surface area contributed by atoms with Gasteiger partial charge in [0.15, 0.2) is 9.84 Å². The molecule has 0 spiro atoms. The third-order valence-corrected chi connectivity index (χ3v) is 4.47. The smallest absolute Gasteiger partial charge is 0.307 e. The second kappa shape index (κ2) is 7.94. The van der Waals surface area contributed by atoms with Crippen LogP contribution in [-0.4, -0.2) is 27.2 Å². The minimum absolute atomic E-state index is 0.284. The average Bonchev–Trinajstić information content (AvgIpc) is 2.55. The Kier molecular flexibility index (Phi) is 5.94. The van der Waals surface area contributed by atoms with Gasteiger partial charge in [-0.2, -0.15) is 0 Å². The normalized spacial score (nSPS) is 11.1. The van der Waals surface area contributed by atoms with Crippen molar-refractivity contribution in [2.24, 2.45) is 0 Å². The minimum Gasteiger partial charge on any atom is -0.307 e. The molecule has 6 nitrogen and oxygen atoms in total. The molecule has 2 rings (SSSR count). The molecule has 0 fully saturated rings. The Labute approximate surface area is 142 Å². The summed E-state index contributed by atoms with van der Waals surface area (Å²) in [6.07, 6.45) is 2.10. The van der Waals surface area contributed by atoms with Crippen LogP contribution in [0, 0.1) is 0 Å². The van der Waals surface area contributed by atoms with Crippen molar-refractivity contribution in [3.05, 3.63) is 48.5 Å². The Bertz CT molecular complexity index is 802. The summed E-state index contributed by atoms with van der Waals surface area (Å²) < 4.78 is 23.8.